The van der Waals surface area contributed by atoms with E-state index in [0.717, 1.165) is 17.3 Å². The van der Waals surface area contributed by atoms with Crippen molar-refractivity contribution in [2.45, 2.75) is 38.8 Å². The van der Waals surface area contributed by atoms with Gasteiger partial charge in [-0.25, -0.2) is 0 Å². The van der Waals surface area contributed by atoms with Crippen molar-refractivity contribution >= 4 is 31.2 Å². The van der Waals surface area contributed by atoms with Crippen LogP contribution < -0.4 is 28.1 Å². The van der Waals surface area contributed by atoms with Crippen LogP contribution in [0.5, 0.6) is 0 Å². The predicted octanol–water partition coefficient (Wildman–Crippen LogP) is 2.33. The molecule has 4 aromatic rings. The van der Waals surface area contributed by atoms with Crippen molar-refractivity contribution in [2.75, 3.05) is 0 Å². The first-order valence-electron chi connectivity index (χ1n) is 12.6. The molecule has 4 aromatic carbocycles. The second-order valence-electron chi connectivity index (χ2n) is 10.0. The Morgan fingerprint density at radius 3 is 2.38 bits per heavy atom. The molecule has 186 valence electrons. The standard InChI is InChI=1S/C30H22Br.C2H7Si.2ClH.Zr/c1-2-19-17-28-24(20-9-5-10-22(31)16-20)12-6-14-26(28)30(19)27-15-7-13-25-23-11-4-3-8-21(23)18-29(25)27;1-3-2;;;/h3-14,16-17,30H,2,18H2,1H3;3H,1-2H3;2*1H;/q;;;;+2/p-2. The van der Waals surface area contributed by atoms with E-state index in [4.69, 9.17) is 0 Å². The normalized spacial score (nSPS) is 14.6. The first kappa shape index (κ1) is 28.8. The van der Waals surface area contributed by atoms with E-state index in [2.05, 4.69) is 121 Å². The summed E-state index contributed by atoms with van der Waals surface area (Å²) in [5.41, 5.74) is 14.9. The topological polar surface area (TPSA) is 0 Å². The molecule has 0 fully saturated rings. The Kier molecular flexibility index (Phi) is 9.25. The van der Waals surface area contributed by atoms with Gasteiger partial charge in [0.25, 0.3) is 0 Å². The number of halogens is 3. The van der Waals surface area contributed by atoms with Crippen LogP contribution in [0.4, 0.5) is 0 Å². The Balaban J connectivity index is 0.00000160. The number of fused-ring (bicyclic) bond motifs is 4. The van der Waals surface area contributed by atoms with Crippen molar-refractivity contribution in [2.24, 2.45) is 0 Å². The zero-order valence-corrected chi connectivity index (χ0v) is 28.0. The molecule has 0 saturated heterocycles. The number of allylic oxidation sites excluding steroid dienone is 1. The van der Waals surface area contributed by atoms with Crippen LogP contribution in [0.2, 0.25) is 13.1 Å². The van der Waals surface area contributed by atoms with E-state index in [9.17, 15) is 0 Å². The maximum absolute atomic E-state index is 3.69. The van der Waals surface area contributed by atoms with Gasteiger partial charge in [-0.05, 0) is 0 Å². The molecule has 1 unspecified atom stereocenters. The Labute approximate surface area is 254 Å². The van der Waals surface area contributed by atoms with Crippen LogP contribution in [0.15, 0.2) is 88.9 Å². The Morgan fingerprint density at radius 2 is 1.62 bits per heavy atom. The molecule has 5 heteroatoms. The third-order valence-electron chi connectivity index (χ3n) is 7.46. The van der Waals surface area contributed by atoms with Gasteiger partial charge in [0.2, 0.25) is 0 Å². The van der Waals surface area contributed by atoms with E-state index in [-0.39, 0.29) is 24.8 Å². The Morgan fingerprint density at radius 1 is 0.865 bits per heavy atom. The second kappa shape index (κ2) is 11.9. The molecule has 0 aliphatic heterocycles. The molecular formula is C32H29BrCl2SiZr. The third kappa shape index (κ3) is 5.20. The number of hydrogen-bond acceptors (Lipinski definition) is 0. The SMILES string of the molecule is CCC1=Cc2c(-c3cccc(Br)c3)cccc2C1c1[c]([Zr+2][SiH](C)C)ccc2c1Cc1ccccc1-2.[Cl-].[Cl-]. The number of benzene rings is 4. The summed E-state index contributed by atoms with van der Waals surface area (Å²) in [5, 5.41) is 0. The van der Waals surface area contributed by atoms with E-state index >= 15 is 0 Å². The van der Waals surface area contributed by atoms with Gasteiger partial charge in [0.1, 0.15) is 0 Å². The van der Waals surface area contributed by atoms with Crippen LogP contribution in [0.25, 0.3) is 28.3 Å². The summed E-state index contributed by atoms with van der Waals surface area (Å²) < 4.78 is 2.89. The molecule has 0 aromatic heterocycles. The molecule has 1 atom stereocenters. The van der Waals surface area contributed by atoms with Crippen LogP contribution in [0, 0.1) is 0 Å². The fraction of sp³-hybridized carbons (Fsp3) is 0.188. The van der Waals surface area contributed by atoms with Gasteiger partial charge in [0, 0.05) is 0 Å². The maximum atomic E-state index is 3.69. The summed E-state index contributed by atoms with van der Waals surface area (Å²) in [6.07, 6.45) is 4.71. The zero-order chi connectivity index (χ0) is 24.1. The van der Waals surface area contributed by atoms with Gasteiger partial charge in [0.15, 0.2) is 0 Å². The molecule has 6 rings (SSSR count). The fourth-order valence-corrected chi connectivity index (χ4v) is 14.7. The Bertz CT molecular complexity index is 1490. The third-order valence-corrected chi connectivity index (χ3v) is 16.5. The van der Waals surface area contributed by atoms with Gasteiger partial charge in [0.05, 0.1) is 0 Å². The summed E-state index contributed by atoms with van der Waals surface area (Å²) in [6.45, 7) is 7.46. The molecule has 0 N–H and O–H groups in total. The average Bonchev–Trinajstić information content (AvgIpc) is 3.42. The van der Waals surface area contributed by atoms with Gasteiger partial charge in [-0.2, -0.15) is 0 Å². The zero-order valence-electron chi connectivity index (χ0n) is 21.3. The molecule has 0 saturated carbocycles. The van der Waals surface area contributed by atoms with Gasteiger partial charge in [-0.15, -0.1) is 0 Å². The minimum Gasteiger partial charge on any atom is -1.00 e. The van der Waals surface area contributed by atoms with Gasteiger partial charge < -0.3 is 24.8 Å². The van der Waals surface area contributed by atoms with Crippen LogP contribution in [-0.2, 0) is 28.8 Å². The number of rotatable bonds is 5. The quantitative estimate of drug-likeness (QED) is 0.250. The molecule has 0 heterocycles. The van der Waals surface area contributed by atoms with Crippen LogP contribution in [0.3, 0.4) is 0 Å². The van der Waals surface area contributed by atoms with Gasteiger partial charge >= 0.3 is 231 Å². The van der Waals surface area contributed by atoms with E-state index in [1.165, 1.54) is 38.9 Å². The molecule has 0 radical (unpaired) electrons. The Hall–Kier alpha value is -1.22. The maximum Gasteiger partial charge on any atom is -1.00 e. The van der Waals surface area contributed by atoms with Crippen molar-refractivity contribution in [3.05, 3.63) is 117 Å². The van der Waals surface area contributed by atoms with Crippen molar-refractivity contribution in [3.8, 4) is 22.3 Å². The van der Waals surface area contributed by atoms with Crippen LogP contribution in [0.1, 0.15) is 47.1 Å². The largest absolute Gasteiger partial charge is 1.00 e. The molecule has 0 bridgehead atoms. The molecule has 2 aliphatic carbocycles. The average molecular weight is 684 g/mol. The fourth-order valence-electron chi connectivity index (χ4n) is 6.02. The summed E-state index contributed by atoms with van der Waals surface area (Å²) in [4.78, 5) is 0. The molecule has 2 aliphatic rings. The molecule has 37 heavy (non-hydrogen) atoms. The van der Waals surface area contributed by atoms with Gasteiger partial charge in [-0.3, -0.25) is 0 Å². The van der Waals surface area contributed by atoms with Crippen molar-refractivity contribution in [1.29, 1.82) is 0 Å². The van der Waals surface area contributed by atoms with Gasteiger partial charge in [-0.1, -0.05) is 0 Å². The van der Waals surface area contributed by atoms with Crippen LogP contribution >= 0.6 is 15.9 Å². The molecule has 0 spiro atoms. The second-order valence-corrected chi connectivity index (χ2v) is 25.5. The smallest absolute Gasteiger partial charge is 1.00 e. The van der Waals surface area contributed by atoms with Crippen molar-refractivity contribution < 1.29 is 47.2 Å². The minimum atomic E-state index is -0.605. The molecule has 0 nitrogen and oxygen atoms in total. The van der Waals surface area contributed by atoms with E-state index in [0.29, 0.717) is 5.92 Å². The summed E-state index contributed by atoms with van der Waals surface area (Å²) in [7, 11) is 0. The van der Waals surface area contributed by atoms with E-state index in [1.54, 1.807) is 20.0 Å². The summed E-state index contributed by atoms with van der Waals surface area (Å²) in [6, 6.07) is 29.8. The predicted molar refractivity (Wildman–Crippen MR) is 153 cm³/mol. The molecule has 0 amide bonds. The summed E-state index contributed by atoms with van der Waals surface area (Å²) in [5.74, 6) is -0.207. The van der Waals surface area contributed by atoms with E-state index < -0.39 is 28.3 Å². The summed E-state index contributed by atoms with van der Waals surface area (Å²) >= 11 is 3.12. The first-order chi connectivity index (χ1) is 17.0. The van der Waals surface area contributed by atoms with E-state index in [1.807, 2.05) is 0 Å². The first-order valence-corrected chi connectivity index (χ1v) is 21.8. The van der Waals surface area contributed by atoms with Crippen LogP contribution in [-0.4, -0.2) is 5.92 Å². The number of hydrogen-bond donors (Lipinski definition) is 0. The minimum absolute atomic E-state index is 0. The monoisotopic (exact) mass is 680 g/mol. The van der Waals surface area contributed by atoms with Crippen molar-refractivity contribution in [3.63, 3.8) is 0 Å². The van der Waals surface area contributed by atoms with Crippen molar-refractivity contribution in [1.82, 2.24) is 0 Å². The molecular weight excluding hydrogens is 654 g/mol.